The molecule has 5 heteroatoms. The molecule has 0 aliphatic carbocycles. The second-order valence-corrected chi connectivity index (χ2v) is 4.48. The smallest absolute Gasteiger partial charge is 0.178 e. The Labute approximate surface area is 105 Å². The fraction of sp³-hybridized carbons (Fsp3) is 0. The average molecular weight is 290 g/mol. The summed E-state index contributed by atoms with van der Waals surface area (Å²) in [4.78, 5) is 11.7. The number of imidazole rings is 1. The maximum Gasteiger partial charge on any atom is 0.178 e. The van der Waals surface area contributed by atoms with Crippen molar-refractivity contribution in [1.29, 1.82) is 0 Å². The van der Waals surface area contributed by atoms with Crippen LogP contribution in [0.15, 0.2) is 41.0 Å². The molecule has 0 atom stereocenters. The number of hydrogen-bond acceptors (Lipinski definition) is 3. The summed E-state index contributed by atoms with van der Waals surface area (Å²) in [7, 11) is 0. The molecule has 2 aromatic heterocycles. The van der Waals surface area contributed by atoms with Gasteiger partial charge in [0.05, 0.1) is 9.99 Å². The molecule has 0 bridgehead atoms. The van der Waals surface area contributed by atoms with Crippen LogP contribution in [0, 0.1) is 0 Å². The monoisotopic (exact) mass is 289 g/mol. The number of fused-ring (bicyclic) bond motifs is 1. The molecule has 84 valence electrons. The Hall–Kier alpha value is -1.88. The van der Waals surface area contributed by atoms with E-state index in [1.54, 1.807) is 18.3 Å². The second kappa shape index (κ2) is 3.85. The lowest BCUT2D eigenvalue weighted by Gasteiger charge is -1.99. The Balaban J connectivity index is 2.17. The van der Waals surface area contributed by atoms with E-state index in [1.165, 1.54) is 0 Å². The van der Waals surface area contributed by atoms with Gasteiger partial charge in [0.1, 0.15) is 11.6 Å². The lowest BCUT2D eigenvalue weighted by atomic mass is 10.2. The number of aromatic amines is 1. The van der Waals surface area contributed by atoms with Gasteiger partial charge in [-0.25, -0.2) is 9.97 Å². The molecule has 4 nitrogen and oxygen atoms in total. The van der Waals surface area contributed by atoms with Crippen molar-refractivity contribution in [1.82, 2.24) is 15.0 Å². The van der Waals surface area contributed by atoms with Crippen molar-refractivity contribution in [3.63, 3.8) is 0 Å². The molecule has 0 aliphatic heterocycles. The molecular weight excluding hydrogens is 282 g/mol. The van der Waals surface area contributed by atoms with E-state index >= 15 is 0 Å². The SMILES string of the molecule is Oc1cc(-c2nc3ncccc3[nH]2)ccc1Br. The van der Waals surface area contributed by atoms with E-state index in [2.05, 4.69) is 30.9 Å². The van der Waals surface area contributed by atoms with Crippen LogP contribution in [0.2, 0.25) is 0 Å². The molecule has 0 saturated heterocycles. The highest BCUT2D eigenvalue weighted by atomic mass is 79.9. The first-order valence-electron chi connectivity index (χ1n) is 5.03. The van der Waals surface area contributed by atoms with Crippen LogP contribution in [0.4, 0.5) is 0 Å². The number of aromatic hydroxyl groups is 1. The van der Waals surface area contributed by atoms with Crippen molar-refractivity contribution < 1.29 is 5.11 Å². The van der Waals surface area contributed by atoms with Gasteiger partial charge in [0.2, 0.25) is 0 Å². The third-order valence-electron chi connectivity index (χ3n) is 2.48. The van der Waals surface area contributed by atoms with E-state index in [-0.39, 0.29) is 5.75 Å². The van der Waals surface area contributed by atoms with Gasteiger partial charge in [-0.2, -0.15) is 0 Å². The van der Waals surface area contributed by atoms with Gasteiger partial charge in [-0.3, -0.25) is 0 Å². The predicted molar refractivity (Wildman–Crippen MR) is 68.7 cm³/mol. The van der Waals surface area contributed by atoms with Crippen LogP contribution in [0.5, 0.6) is 5.75 Å². The number of rotatable bonds is 1. The molecule has 0 amide bonds. The molecule has 2 heterocycles. The third-order valence-corrected chi connectivity index (χ3v) is 3.15. The summed E-state index contributed by atoms with van der Waals surface area (Å²) < 4.78 is 0.662. The Morgan fingerprint density at radius 1 is 1.24 bits per heavy atom. The maximum atomic E-state index is 9.63. The van der Waals surface area contributed by atoms with Crippen molar-refractivity contribution in [2.75, 3.05) is 0 Å². The highest BCUT2D eigenvalue weighted by molar-refractivity contribution is 9.10. The number of aromatic nitrogens is 3. The summed E-state index contributed by atoms with van der Waals surface area (Å²) in [5, 5.41) is 9.63. The summed E-state index contributed by atoms with van der Waals surface area (Å²) in [5.41, 5.74) is 2.37. The molecule has 0 radical (unpaired) electrons. The van der Waals surface area contributed by atoms with Gasteiger partial charge in [-0.15, -0.1) is 0 Å². The van der Waals surface area contributed by atoms with Gasteiger partial charge < -0.3 is 10.1 Å². The molecule has 17 heavy (non-hydrogen) atoms. The summed E-state index contributed by atoms with van der Waals surface area (Å²) in [5.74, 6) is 0.886. The first-order valence-corrected chi connectivity index (χ1v) is 5.83. The first kappa shape index (κ1) is 10.3. The predicted octanol–water partition coefficient (Wildman–Crippen LogP) is 3.09. The van der Waals surface area contributed by atoms with Crippen molar-refractivity contribution in [3.8, 4) is 17.1 Å². The molecular formula is C12H8BrN3O. The van der Waals surface area contributed by atoms with Crippen LogP contribution in [0.1, 0.15) is 0 Å². The Morgan fingerprint density at radius 3 is 2.88 bits per heavy atom. The van der Waals surface area contributed by atoms with Crippen molar-refractivity contribution in [3.05, 3.63) is 41.0 Å². The van der Waals surface area contributed by atoms with Crippen molar-refractivity contribution >= 4 is 27.1 Å². The van der Waals surface area contributed by atoms with Gasteiger partial charge >= 0.3 is 0 Å². The van der Waals surface area contributed by atoms with Gasteiger partial charge in [0.25, 0.3) is 0 Å². The molecule has 1 aromatic carbocycles. The summed E-state index contributed by atoms with van der Waals surface area (Å²) in [6.07, 6.45) is 1.70. The number of pyridine rings is 1. The summed E-state index contributed by atoms with van der Waals surface area (Å²) in [6, 6.07) is 9.08. The highest BCUT2D eigenvalue weighted by Gasteiger charge is 2.07. The minimum Gasteiger partial charge on any atom is -0.507 e. The topological polar surface area (TPSA) is 61.8 Å². The van der Waals surface area contributed by atoms with E-state index in [0.717, 1.165) is 11.1 Å². The number of hydrogen-bond donors (Lipinski definition) is 2. The van der Waals surface area contributed by atoms with E-state index < -0.39 is 0 Å². The number of phenolic OH excluding ortho intramolecular Hbond substituents is 1. The minimum absolute atomic E-state index is 0.191. The Kier molecular flexibility index (Phi) is 2.33. The average Bonchev–Trinajstić information content (AvgIpc) is 2.76. The van der Waals surface area contributed by atoms with Gasteiger partial charge in [-0.05, 0) is 46.3 Å². The number of benzene rings is 1. The zero-order valence-corrected chi connectivity index (χ0v) is 10.3. The van der Waals surface area contributed by atoms with Gasteiger partial charge in [0, 0.05) is 11.8 Å². The highest BCUT2D eigenvalue weighted by Crippen LogP contribution is 2.29. The number of halogens is 1. The third kappa shape index (κ3) is 1.78. The van der Waals surface area contributed by atoms with E-state index in [0.29, 0.717) is 15.9 Å². The quantitative estimate of drug-likeness (QED) is 0.724. The van der Waals surface area contributed by atoms with Crippen LogP contribution >= 0.6 is 15.9 Å². The number of nitrogens with one attached hydrogen (secondary N) is 1. The first-order chi connectivity index (χ1) is 8.24. The van der Waals surface area contributed by atoms with Crippen LogP contribution in [0.3, 0.4) is 0 Å². The van der Waals surface area contributed by atoms with Crippen LogP contribution in [-0.2, 0) is 0 Å². The zero-order valence-electron chi connectivity index (χ0n) is 8.68. The van der Waals surface area contributed by atoms with Crippen LogP contribution in [0.25, 0.3) is 22.6 Å². The van der Waals surface area contributed by atoms with Crippen LogP contribution in [-0.4, -0.2) is 20.1 Å². The maximum absolute atomic E-state index is 9.63. The lowest BCUT2D eigenvalue weighted by molar-refractivity contribution is 0.472. The standard InChI is InChI=1S/C12H8BrN3O/c13-8-4-3-7(6-10(8)17)11-15-9-2-1-5-14-12(9)16-11/h1-6,17H,(H,14,15,16). The molecule has 3 rings (SSSR count). The van der Waals surface area contributed by atoms with E-state index in [1.807, 2.05) is 18.2 Å². The summed E-state index contributed by atoms with van der Waals surface area (Å²) in [6.45, 7) is 0. The molecule has 0 aliphatic rings. The van der Waals surface area contributed by atoms with Crippen molar-refractivity contribution in [2.24, 2.45) is 0 Å². The zero-order chi connectivity index (χ0) is 11.8. The second-order valence-electron chi connectivity index (χ2n) is 3.63. The largest absolute Gasteiger partial charge is 0.507 e. The number of H-pyrrole nitrogens is 1. The van der Waals surface area contributed by atoms with E-state index in [4.69, 9.17) is 0 Å². The summed E-state index contributed by atoms with van der Waals surface area (Å²) >= 11 is 3.24. The lowest BCUT2D eigenvalue weighted by Crippen LogP contribution is -1.80. The molecule has 0 unspecified atom stereocenters. The Bertz CT molecular complexity index is 660. The number of phenols is 1. The molecule has 0 fully saturated rings. The van der Waals surface area contributed by atoms with Crippen LogP contribution < -0.4 is 0 Å². The molecule has 2 N–H and O–H groups in total. The molecule has 3 aromatic rings. The normalized spacial score (nSPS) is 10.9. The minimum atomic E-state index is 0.191. The van der Waals surface area contributed by atoms with E-state index in [9.17, 15) is 5.11 Å². The van der Waals surface area contributed by atoms with Gasteiger partial charge in [-0.1, -0.05) is 0 Å². The Morgan fingerprint density at radius 2 is 2.12 bits per heavy atom. The molecule has 0 spiro atoms. The number of nitrogens with zero attached hydrogens (tertiary/aromatic N) is 2. The van der Waals surface area contributed by atoms with Gasteiger partial charge in [0.15, 0.2) is 5.65 Å². The fourth-order valence-electron chi connectivity index (χ4n) is 1.64. The fourth-order valence-corrected chi connectivity index (χ4v) is 1.89. The molecule has 0 saturated carbocycles. The van der Waals surface area contributed by atoms with Crippen molar-refractivity contribution in [2.45, 2.75) is 0 Å².